The van der Waals surface area contributed by atoms with Gasteiger partial charge in [-0.25, -0.2) is 4.98 Å². The van der Waals surface area contributed by atoms with E-state index >= 15 is 0 Å². The standard InChI is InChI=1S/C14H21F3N4/c1-4-5-18-13-19-11(14(15,16)17)7-12(20-13)21-8-9(2)6-10(21)3/h7,9-10H,4-6,8H2,1-3H3,(H,18,19,20). The molecule has 1 aliphatic rings. The van der Waals surface area contributed by atoms with Crippen LogP contribution < -0.4 is 10.2 Å². The van der Waals surface area contributed by atoms with Gasteiger partial charge in [0, 0.05) is 25.2 Å². The first-order valence-corrected chi connectivity index (χ1v) is 7.28. The van der Waals surface area contributed by atoms with Crippen molar-refractivity contribution >= 4 is 11.8 Å². The van der Waals surface area contributed by atoms with E-state index in [1.807, 2.05) is 18.7 Å². The normalized spacial score (nSPS) is 22.7. The third-order valence-corrected chi connectivity index (χ3v) is 3.61. The van der Waals surface area contributed by atoms with Gasteiger partial charge in [-0.1, -0.05) is 13.8 Å². The molecule has 2 unspecified atom stereocenters. The number of nitrogens with one attached hydrogen (secondary N) is 1. The van der Waals surface area contributed by atoms with Crippen molar-refractivity contribution < 1.29 is 13.2 Å². The Morgan fingerprint density at radius 1 is 1.33 bits per heavy atom. The molecule has 118 valence electrons. The van der Waals surface area contributed by atoms with E-state index in [1.54, 1.807) is 0 Å². The van der Waals surface area contributed by atoms with Gasteiger partial charge in [-0.05, 0) is 25.7 Å². The Morgan fingerprint density at radius 3 is 2.57 bits per heavy atom. The van der Waals surface area contributed by atoms with E-state index in [4.69, 9.17) is 0 Å². The molecule has 2 rings (SSSR count). The van der Waals surface area contributed by atoms with Crippen molar-refractivity contribution in [1.29, 1.82) is 0 Å². The second kappa shape index (κ2) is 6.07. The molecule has 2 atom stereocenters. The second-order valence-electron chi connectivity index (χ2n) is 5.70. The molecule has 21 heavy (non-hydrogen) atoms. The van der Waals surface area contributed by atoms with Gasteiger partial charge < -0.3 is 10.2 Å². The van der Waals surface area contributed by atoms with Crippen LogP contribution in [0, 0.1) is 5.92 Å². The lowest BCUT2D eigenvalue weighted by Crippen LogP contribution is -2.28. The fourth-order valence-corrected chi connectivity index (χ4v) is 2.66. The molecule has 1 fully saturated rings. The summed E-state index contributed by atoms with van der Waals surface area (Å²) < 4.78 is 39.0. The van der Waals surface area contributed by atoms with Crippen LogP contribution in [-0.2, 0) is 6.18 Å². The van der Waals surface area contributed by atoms with Crippen LogP contribution in [0.5, 0.6) is 0 Å². The van der Waals surface area contributed by atoms with Crippen LogP contribution >= 0.6 is 0 Å². The van der Waals surface area contributed by atoms with Crippen molar-refractivity contribution in [1.82, 2.24) is 9.97 Å². The first-order chi connectivity index (χ1) is 9.81. The largest absolute Gasteiger partial charge is 0.433 e. The monoisotopic (exact) mass is 302 g/mol. The van der Waals surface area contributed by atoms with Gasteiger partial charge in [-0.2, -0.15) is 18.2 Å². The molecule has 4 nitrogen and oxygen atoms in total. The third kappa shape index (κ3) is 3.77. The lowest BCUT2D eigenvalue weighted by Gasteiger charge is -2.24. The van der Waals surface area contributed by atoms with Gasteiger partial charge in [-0.15, -0.1) is 0 Å². The quantitative estimate of drug-likeness (QED) is 0.923. The molecule has 0 radical (unpaired) electrons. The van der Waals surface area contributed by atoms with Crippen LogP contribution in [0.2, 0.25) is 0 Å². The van der Waals surface area contributed by atoms with Crippen molar-refractivity contribution in [3.63, 3.8) is 0 Å². The average molecular weight is 302 g/mol. The van der Waals surface area contributed by atoms with Gasteiger partial charge in [0.25, 0.3) is 0 Å². The second-order valence-corrected chi connectivity index (χ2v) is 5.70. The highest BCUT2D eigenvalue weighted by Crippen LogP contribution is 2.33. The predicted molar refractivity (Wildman–Crippen MR) is 76.4 cm³/mol. The van der Waals surface area contributed by atoms with Crippen LogP contribution in [-0.4, -0.2) is 29.1 Å². The molecule has 1 aromatic heterocycles. The fourth-order valence-electron chi connectivity index (χ4n) is 2.66. The molecule has 0 aromatic carbocycles. The lowest BCUT2D eigenvalue weighted by atomic mass is 10.1. The Labute approximate surface area is 122 Å². The zero-order valence-electron chi connectivity index (χ0n) is 12.5. The molecule has 1 saturated heterocycles. The highest BCUT2D eigenvalue weighted by Gasteiger charge is 2.35. The number of nitrogens with zero attached hydrogens (tertiary/aromatic N) is 3. The van der Waals surface area contributed by atoms with E-state index in [9.17, 15) is 13.2 Å². The molecule has 1 N–H and O–H groups in total. The van der Waals surface area contributed by atoms with Crippen LogP contribution in [0.15, 0.2) is 6.07 Å². The number of rotatable bonds is 4. The van der Waals surface area contributed by atoms with E-state index in [1.165, 1.54) is 0 Å². The summed E-state index contributed by atoms with van der Waals surface area (Å²) in [6, 6.07) is 1.24. The molecular formula is C14H21F3N4. The van der Waals surface area contributed by atoms with Gasteiger partial charge in [0.1, 0.15) is 5.82 Å². The number of aromatic nitrogens is 2. The van der Waals surface area contributed by atoms with Gasteiger partial charge in [0.2, 0.25) is 5.95 Å². The zero-order valence-corrected chi connectivity index (χ0v) is 12.5. The summed E-state index contributed by atoms with van der Waals surface area (Å²) in [6.45, 7) is 7.32. The number of anilines is 2. The first-order valence-electron chi connectivity index (χ1n) is 7.28. The van der Waals surface area contributed by atoms with Crippen LogP contribution in [0.4, 0.5) is 24.9 Å². The van der Waals surface area contributed by atoms with Crippen LogP contribution in [0.25, 0.3) is 0 Å². The Morgan fingerprint density at radius 2 is 2.05 bits per heavy atom. The Balaban J connectivity index is 2.35. The van der Waals surface area contributed by atoms with E-state index in [-0.39, 0.29) is 12.0 Å². The first kappa shape index (κ1) is 15.9. The highest BCUT2D eigenvalue weighted by atomic mass is 19.4. The molecule has 1 aromatic rings. The van der Waals surface area contributed by atoms with Gasteiger partial charge in [-0.3, -0.25) is 0 Å². The van der Waals surface area contributed by atoms with Crippen molar-refractivity contribution in [3.05, 3.63) is 11.8 Å². The predicted octanol–water partition coefficient (Wildman–Crippen LogP) is 3.55. The average Bonchev–Trinajstić information content (AvgIpc) is 2.74. The molecule has 0 spiro atoms. The minimum absolute atomic E-state index is 0.0495. The van der Waals surface area contributed by atoms with E-state index in [0.29, 0.717) is 18.3 Å². The summed E-state index contributed by atoms with van der Waals surface area (Å²) in [5.41, 5.74) is -0.891. The summed E-state index contributed by atoms with van der Waals surface area (Å²) in [5.74, 6) is 0.859. The van der Waals surface area contributed by atoms with Gasteiger partial charge in [0.05, 0.1) is 0 Å². The molecule has 0 bridgehead atoms. The third-order valence-electron chi connectivity index (χ3n) is 3.61. The number of alkyl halides is 3. The van der Waals surface area contributed by atoms with Crippen molar-refractivity contribution in [2.24, 2.45) is 5.92 Å². The van der Waals surface area contributed by atoms with Crippen molar-refractivity contribution in [3.8, 4) is 0 Å². The Hall–Kier alpha value is -1.53. The van der Waals surface area contributed by atoms with Crippen molar-refractivity contribution in [2.45, 2.75) is 45.8 Å². The SMILES string of the molecule is CCCNc1nc(N2CC(C)CC2C)cc(C(F)(F)F)n1. The maximum atomic E-state index is 13.0. The Kier molecular flexibility index (Phi) is 4.58. The summed E-state index contributed by atoms with van der Waals surface area (Å²) >= 11 is 0. The minimum atomic E-state index is -4.46. The Bertz CT molecular complexity index is 490. The van der Waals surface area contributed by atoms with E-state index in [0.717, 1.165) is 25.5 Å². The molecule has 7 heteroatoms. The molecule has 0 amide bonds. The van der Waals surface area contributed by atoms with E-state index < -0.39 is 11.9 Å². The number of halogens is 3. The minimum Gasteiger partial charge on any atom is -0.354 e. The van der Waals surface area contributed by atoms with E-state index in [2.05, 4.69) is 22.2 Å². The van der Waals surface area contributed by atoms with Gasteiger partial charge in [0.15, 0.2) is 5.69 Å². The maximum Gasteiger partial charge on any atom is 0.433 e. The topological polar surface area (TPSA) is 41.1 Å². The summed E-state index contributed by atoms with van der Waals surface area (Å²) in [5, 5.41) is 2.85. The molecule has 0 saturated carbocycles. The molecule has 0 aliphatic carbocycles. The van der Waals surface area contributed by atoms with Crippen LogP contribution in [0.1, 0.15) is 39.3 Å². The summed E-state index contributed by atoms with van der Waals surface area (Å²) in [4.78, 5) is 9.77. The molecular weight excluding hydrogens is 281 g/mol. The lowest BCUT2D eigenvalue weighted by molar-refractivity contribution is -0.141. The molecule has 1 aliphatic heterocycles. The van der Waals surface area contributed by atoms with Crippen LogP contribution in [0.3, 0.4) is 0 Å². The van der Waals surface area contributed by atoms with Crippen molar-refractivity contribution in [2.75, 3.05) is 23.3 Å². The van der Waals surface area contributed by atoms with Gasteiger partial charge >= 0.3 is 6.18 Å². The highest BCUT2D eigenvalue weighted by molar-refractivity contribution is 5.47. The number of hydrogen-bond donors (Lipinski definition) is 1. The summed E-state index contributed by atoms with van der Waals surface area (Å²) in [7, 11) is 0. The fraction of sp³-hybridized carbons (Fsp3) is 0.714. The smallest absolute Gasteiger partial charge is 0.354 e. The summed E-state index contributed by atoms with van der Waals surface area (Å²) in [6.07, 6.45) is -2.70. The zero-order chi connectivity index (χ0) is 15.6. The number of hydrogen-bond acceptors (Lipinski definition) is 4. The maximum absolute atomic E-state index is 13.0. The molecule has 2 heterocycles.